The monoisotopic (exact) mass is 278 g/mol. The molecule has 20 heavy (non-hydrogen) atoms. The fraction of sp³-hybridized carbons (Fsp3) is 0.562. The van der Waals surface area contributed by atoms with Crippen molar-refractivity contribution in [2.24, 2.45) is 0 Å². The van der Waals surface area contributed by atoms with Crippen molar-refractivity contribution in [1.29, 1.82) is 0 Å². The standard InChI is InChI=1S/C16H23FN2O/c1-18(2)15-7-4-9-19(12-15)10-8-16(20)13-5-3-6-14(17)11-13/h3,5-6,11,15H,4,7-10,12H2,1-2H3. The first kappa shape index (κ1) is 15.1. The molecule has 1 aliphatic heterocycles. The highest BCUT2D eigenvalue weighted by Gasteiger charge is 2.21. The van der Waals surface area contributed by atoms with Crippen molar-refractivity contribution < 1.29 is 9.18 Å². The van der Waals surface area contributed by atoms with Gasteiger partial charge in [-0.15, -0.1) is 0 Å². The van der Waals surface area contributed by atoms with Gasteiger partial charge in [0, 0.05) is 31.1 Å². The highest BCUT2D eigenvalue weighted by molar-refractivity contribution is 5.96. The van der Waals surface area contributed by atoms with Crippen LogP contribution in [-0.2, 0) is 0 Å². The predicted molar refractivity (Wildman–Crippen MR) is 78.5 cm³/mol. The molecule has 0 N–H and O–H groups in total. The summed E-state index contributed by atoms with van der Waals surface area (Å²) in [4.78, 5) is 16.6. The highest BCUT2D eigenvalue weighted by atomic mass is 19.1. The van der Waals surface area contributed by atoms with Crippen molar-refractivity contribution >= 4 is 5.78 Å². The van der Waals surface area contributed by atoms with E-state index in [9.17, 15) is 9.18 Å². The Kier molecular flexibility index (Phi) is 5.26. The van der Waals surface area contributed by atoms with E-state index in [1.165, 1.54) is 25.0 Å². The minimum absolute atomic E-state index is 0.0245. The van der Waals surface area contributed by atoms with Gasteiger partial charge in [-0.1, -0.05) is 12.1 Å². The topological polar surface area (TPSA) is 23.6 Å². The van der Waals surface area contributed by atoms with E-state index in [1.807, 2.05) is 0 Å². The molecule has 3 nitrogen and oxygen atoms in total. The molecule has 0 saturated carbocycles. The Morgan fingerprint density at radius 2 is 2.25 bits per heavy atom. The maximum atomic E-state index is 13.1. The summed E-state index contributed by atoms with van der Waals surface area (Å²) in [6.45, 7) is 2.84. The SMILES string of the molecule is CN(C)C1CCCN(CCC(=O)c2cccc(F)c2)C1. The van der Waals surface area contributed by atoms with Gasteiger partial charge in [0.2, 0.25) is 0 Å². The molecule has 0 spiro atoms. The molecular weight excluding hydrogens is 255 g/mol. The van der Waals surface area contributed by atoms with Gasteiger partial charge >= 0.3 is 0 Å². The maximum Gasteiger partial charge on any atom is 0.164 e. The Labute approximate surface area is 120 Å². The van der Waals surface area contributed by atoms with E-state index in [0.29, 0.717) is 18.0 Å². The minimum atomic E-state index is -0.346. The summed E-state index contributed by atoms with van der Waals surface area (Å²) in [5, 5.41) is 0. The second-order valence-corrected chi connectivity index (χ2v) is 5.74. The van der Waals surface area contributed by atoms with Crippen LogP contribution in [0.3, 0.4) is 0 Å². The quantitative estimate of drug-likeness (QED) is 0.773. The first-order valence-corrected chi connectivity index (χ1v) is 7.24. The van der Waals surface area contributed by atoms with E-state index in [2.05, 4.69) is 23.9 Å². The van der Waals surface area contributed by atoms with Gasteiger partial charge in [0.15, 0.2) is 5.78 Å². The summed E-state index contributed by atoms with van der Waals surface area (Å²) in [7, 11) is 4.21. The van der Waals surface area contributed by atoms with Crippen molar-refractivity contribution in [2.75, 3.05) is 33.7 Å². The first-order chi connectivity index (χ1) is 9.56. The van der Waals surface area contributed by atoms with E-state index in [4.69, 9.17) is 0 Å². The van der Waals surface area contributed by atoms with Crippen molar-refractivity contribution in [3.8, 4) is 0 Å². The van der Waals surface area contributed by atoms with E-state index in [0.717, 1.165) is 19.6 Å². The summed E-state index contributed by atoms with van der Waals surface area (Å²) in [6, 6.07) is 6.54. The van der Waals surface area contributed by atoms with Crippen LogP contribution in [0, 0.1) is 5.82 Å². The zero-order valence-electron chi connectivity index (χ0n) is 12.3. The molecule has 1 atom stereocenters. The molecule has 1 fully saturated rings. The summed E-state index contributed by atoms with van der Waals surface area (Å²) in [6.07, 6.45) is 2.86. The number of likely N-dealkylation sites (N-methyl/N-ethyl adjacent to an activating group) is 1. The lowest BCUT2D eigenvalue weighted by atomic mass is 10.0. The Morgan fingerprint density at radius 3 is 2.95 bits per heavy atom. The molecule has 2 rings (SSSR count). The van der Waals surface area contributed by atoms with E-state index < -0.39 is 0 Å². The second-order valence-electron chi connectivity index (χ2n) is 5.74. The average Bonchev–Trinajstić information content (AvgIpc) is 2.45. The van der Waals surface area contributed by atoms with Crippen LogP contribution in [0.1, 0.15) is 29.6 Å². The number of nitrogens with zero attached hydrogens (tertiary/aromatic N) is 2. The zero-order valence-corrected chi connectivity index (χ0v) is 12.3. The number of hydrogen-bond donors (Lipinski definition) is 0. The van der Waals surface area contributed by atoms with Crippen molar-refractivity contribution in [1.82, 2.24) is 9.80 Å². The molecule has 0 amide bonds. The molecule has 0 aromatic heterocycles. The predicted octanol–water partition coefficient (Wildman–Crippen LogP) is 2.42. The summed E-state index contributed by atoms with van der Waals surface area (Å²) < 4.78 is 13.1. The number of rotatable bonds is 5. The van der Waals surface area contributed by atoms with Crippen molar-refractivity contribution in [3.05, 3.63) is 35.6 Å². The zero-order chi connectivity index (χ0) is 14.5. The van der Waals surface area contributed by atoms with Gasteiger partial charge in [0.25, 0.3) is 0 Å². The molecular formula is C16H23FN2O. The number of Topliss-reactive ketones (excluding diaryl/α,β-unsaturated/α-hetero) is 1. The van der Waals surface area contributed by atoms with Crippen LogP contribution < -0.4 is 0 Å². The summed E-state index contributed by atoms with van der Waals surface area (Å²) in [5.41, 5.74) is 0.478. The second kappa shape index (κ2) is 6.95. The Hall–Kier alpha value is -1.26. The van der Waals surface area contributed by atoms with Gasteiger partial charge in [0.05, 0.1) is 0 Å². The number of hydrogen-bond acceptors (Lipinski definition) is 3. The number of likely N-dealkylation sites (tertiary alicyclic amines) is 1. The third-order valence-corrected chi connectivity index (χ3v) is 4.01. The van der Waals surface area contributed by atoms with E-state index in [-0.39, 0.29) is 11.6 Å². The Balaban J connectivity index is 1.84. The maximum absolute atomic E-state index is 13.1. The lowest BCUT2D eigenvalue weighted by Gasteiger charge is -2.36. The largest absolute Gasteiger partial charge is 0.305 e. The molecule has 1 unspecified atom stereocenters. The van der Waals surface area contributed by atoms with Crippen LogP contribution in [0.25, 0.3) is 0 Å². The van der Waals surface area contributed by atoms with Crippen LogP contribution in [0.15, 0.2) is 24.3 Å². The van der Waals surface area contributed by atoms with Crippen molar-refractivity contribution in [3.63, 3.8) is 0 Å². The fourth-order valence-corrected chi connectivity index (χ4v) is 2.72. The summed E-state index contributed by atoms with van der Waals surface area (Å²) in [5.74, 6) is -0.321. The molecule has 4 heteroatoms. The third kappa shape index (κ3) is 4.12. The van der Waals surface area contributed by atoms with Crippen molar-refractivity contribution in [2.45, 2.75) is 25.3 Å². The molecule has 1 aromatic rings. The summed E-state index contributed by atoms with van der Waals surface area (Å²) >= 11 is 0. The molecule has 1 saturated heterocycles. The molecule has 110 valence electrons. The third-order valence-electron chi connectivity index (χ3n) is 4.01. The van der Waals surface area contributed by atoms with Crippen LogP contribution in [0.2, 0.25) is 0 Å². The van der Waals surface area contributed by atoms with E-state index in [1.54, 1.807) is 12.1 Å². The first-order valence-electron chi connectivity index (χ1n) is 7.24. The van der Waals surface area contributed by atoms with E-state index >= 15 is 0 Å². The number of piperidine rings is 1. The smallest absolute Gasteiger partial charge is 0.164 e. The number of carbonyl (C=O) groups excluding carboxylic acids is 1. The molecule has 1 aromatic carbocycles. The van der Waals surface area contributed by atoms with Crippen LogP contribution in [-0.4, -0.2) is 55.4 Å². The number of ketones is 1. The van der Waals surface area contributed by atoms with Crippen LogP contribution in [0.5, 0.6) is 0 Å². The van der Waals surface area contributed by atoms with Gasteiger partial charge in [-0.25, -0.2) is 4.39 Å². The average molecular weight is 278 g/mol. The van der Waals surface area contributed by atoms with Gasteiger partial charge in [-0.05, 0) is 45.6 Å². The Bertz CT molecular complexity index is 462. The lowest BCUT2D eigenvalue weighted by Crippen LogP contribution is -2.45. The fourth-order valence-electron chi connectivity index (χ4n) is 2.72. The number of benzene rings is 1. The van der Waals surface area contributed by atoms with Gasteiger partial charge in [-0.2, -0.15) is 0 Å². The lowest BCUT2D eigenvalue weighted by molar-refractivity contribution is 0.0927. The molecule has 1 heterocycles. The normalized spacial score (nSPS) is 20.3. The molecule has 0 aliphatic carbocycles. The molecule has 1 aliphatic rings. The van der Waals surface area contributed by atoms with Gasteiger partial charge in [0.1, 0.15) is 5.82 Å². The highest BCUT2D eigenvalue weighted by Crippen LogP contribution is 2.15. The van der Waals surface area contributed by atoms with Gasteiger partial charge in [-0.3, -0.25) is 4.79 Å². The Morgan fingerprint density at radius 1 is 1.45 bits per heavy atom. The van der Waals surface area contributed by atoms with Crippen LogP contribution >= 0.6 is 0 Å². The van der Waals surface area contributed by atoms with Gasteiger partial charge < -0.3 is 9.80 Å². The number of halogens is 1. The number of carbonyl (C=O) groups is 1. The van der Waals surface area contributed by atoms with Crippen LogP contribution in [0.4, 0.5) is 4.39 Å². The molecule has 0 bridgehead atoms. The minimum Gasteiger partial charge on any atom is -0.305 e. The molecule has 0 radical (unpaired) electrons.